The molecule has 0 atom stereocenters. The number of rotatable bonds is 9. The van der Waals surface area contributed by atoms with Gasteiger partial charge in [0.1, 0.15) is 5.56 Å². The highest BCUT2D eigenvalue weighted by atomic mass is 35.5. The quantitative estimate of drug-likeness (QED) is 0.329. The number of carbonyl (C=O) groups excluding carboxylic acids is 1. The minimum atomic E-state index is -3.89. The first-order valence-electron chi connectivity index (χ1n) is 10.7. The summed E-state index contributed by atoms with van der Waals surface area (Å²) in [4.78, 5) is 13.6. The molecule has 0 N–H and O–H groups in total. The summed E-state index contributed by atoms with van der Waals surface area (Å²) in [5.74, 6) is -0.492. The van der Waals surface area contributed by atoms with Gasteiger partial charge in [0, 0.05) is 17.1 Å². The van der Waals surface area contributed by atoms with Crippen molar-refractivity contribution in [3.63, 3.8) is 0 Å². The summed E-state index contributed by atoms with van der Waals surface area (Å²) in [6, 6.07) is 3.35. The van der Waals surface area contributed by atoms with E-state index in [0.29, 0.717) is 17.1 Å². The van der Waals surface area contributed by atoms with Crippen molar-refractivity contribution in [1.29, 1.82) is 0 Å². The Morgan fingerprint density at radius 2 is 1.72 bits per heavy atom. The Bertz CT molecular complexity index is 1140. The minimum Gasteiger partial charge on any atom is -0.361 e. The predicted molar refractivity (Wildman–Crippen MR) is 130 cm³/mol. The van der Waals surface area contributed by atoms with Gasteiger partial charge in [-0.2, -0.15) is 13.5 Å². The number of carbonyl (C=O) groups is 1. The lowest BCUT2D eigenvalue weighted by molar-refractivity contribution is 0.103. The maximum Gasteiger partial charge on any atom is 0.310 e. The topological polar surface area (TPSA) is 78.3 Å². The highest BCUT2D eigenvalue weighted by molar-refractivity contribution is 7.87. The molecule has 176 valence electrons. The molecule has 0 saturated carbocycles. The molecule has 0 fully saturated rings. The molecule has 0 unspecified atom stereocenters. The smallest absolute Gasteiger partial charge is 0.310 e. The number of hydrogen-bond acceptors (Lipinski definition) is 5. The van der Waals surface area contributed by atoms with E-state index in [4.69, 9.17) is 15.8 Å². The van der Waals surface area contributed by atoms with Gasteiger partial charge in [-0.1, -0.05) is 44.9 Å². The highest BCUT2D eigenvalue weighted by Gasteiger charge is 2.27. The van der Waals surface area contributed by atoms with Crippen molar-refractivity contribution < 1.29 is 17.4 Å². The number of ketones is 1. The van der Waals surface area contributed by atoms with E-state index in [1.165, 1.54) is 10.9 Å². The molecule has 32 heavy (non-hydrogen) atoms. The van der Waals surface area contributed by atoms with Gasteiger partial charge in [0.25, 0.3) is 0 Å². The Hall–Kier alpha value is -2.12. The van der Waals surface area contributed by atoms with Gasteiger partial charge in [-0.15, -0.1) is 0 Å². The first-order valence-corrected chi connectivity index (χ1v) is 12.7. The zero-order chi connectivity index (χ0) is 24.4. The Morgan fingerprint density at radius 1 is 1.09 bits per heavy atom. The molecule has 0 saturated heterocycles. The summed E-state index contributed by atoms with van der Waals surface area (Å²) in [5.41, 5.74) is 4.17. The molecule has 0 radical (unpaired) electrons. The van der Waals surface area contributed by atoms with Crippen LogP contribution in [0.2, 0.25) is 5.02 Å². The van der Waals surface area contributed by atoms with Gasteiger partial charge in [0.05, 0.1) is 11.9 Å². The van der Waals surface area contributed by atoms with E-state index < -0.39 is 10.1 Å². The van der Waals surface area contributed by atoms with Crippen LogP contribution >= 0.6 is 11.6 Å². The monoisotopic (exact) mass is 480 g/mol. The van der Waals surface area contributed by atoms with Crippen LogP contribution in [0.5, 0.6) is 5.88 Å². The van der Waals surface area contributed by atoms with Crippen molar-refractivity contribution in [3.8, 4) is 5.88 Å². The van der Waals surface area contributed by atoms with E-state index in [1.807, 2.05) is 41.5 Å². The lowest BCUT2D eigenvalue weighted by atomic mass is 9.92. The molecule has 0 aliphatic rings. The van der Waals surface area contributed by atoms with Crippen molar-refractivity contribution in [1.82, 2.24) is 9.78 Å². The summed E-state index contributed by atoms with van der Waals surface area (Å²) in [5, 5.41) is 4.83. The van der Waals surface area contributed by atoms with Gasteiger partial charge >= 0.3 is 10.1 Å². The second-order valence-electron chi connectivity index (χ2n) is 9.19. The summed E-state index contributed by atoms with van der Waals surface area (Å²) in [6.45, 7) is 15.7. The molecule has 2 rings (SSSR count). The van der Waals surface area contributed by atoms with E-state index in [0.717, 1.165) is 22.3 Å². The molecule has 0 amide bonds. The van der Waals surface area contributed by atoms with Crippen molar-refractivity contribution in [2.75, 3.05) is 5.75 Å². The second kappa shape index (κ2) is 10.2. The number of allylic oxidation sites excluding steroid dienone is 2. The highest BCUT2D eigenvalue weighted by Crippen LogP contribution is 2.33. The van der Waals surface area contributed by atoms with Crippen molar-refractivity contribution in [2.24, 2.45) is 11.8 Å². The van der Waals surface area contributed by atoms with Crippen molar-refractivity contribution in [3.05, 3.63) is 51.2 Å². The van der Waals surface area contributed by atoms with E-state index >= 15 is 0 Å². The summed E-state index contributed by atoms with van der Waals surface area (Å²) < 4.78 is 32.1. The zero-order valence-electron chi connectivity index (χ0n) is 20.1. The third-order valence-electron chi connectivity index (χ3n) is 5.10. The van der Waals surface area contributed by atoms with Gasteiger partial charge in [-0.25, -0.2) is 4.68 Å². The second-order valence-corrected chi connectivity index (χ2v) is 11.2. The molecule has 1 aromatic carbocycles. The number of halogens is 1. The maximum absolute atomic E-state index is 13.6. The minimum absolute atomic E-state index is 0.0424. The average molecular weight is 481 g/mol. The fraction of sp³-hybridized carbons (Fsp3) is 0.500. The van der Waals surface area contributed by atoms with Gasteiger partial charge in [0.2, 0.25) is 5.88 Å². The summed E-state index contributed by atoms with van der Waals surface area (Å²) in [7, 11) is -3.89. The fourth-order valence-electron chi connectivity index (χ4n) is 3.44. The first kappa shape index (κ1) is 26.1. The molecule has 2 aromatic rings. The zero-order valence-corrected chi connectivity index (χ0v) is 21.7. The van der Waals surface area contributed by atoms with Crippen molar-refractivity contribution in [2.45, 2.75) is 61.9 Å². The average Bonchev–Trinajstić information content (AvgIpc) is 3.00. The lowest BCUT2D eigenvalue weighted by Crippen LogP contribution is -2.21. The third kappa shape index (κ3) is 6.01. The van der Waals surface area contributed by atoms with Crippen molar-refractivity contribution >= 4 is 33.1 Å². The number of hydrogen-bond donors (Lipinski definition) is 0. The Kier molecular flexibility index (Phi) is 8.34. The summed E-state index contributed by atoms with van der Waals surface area (Å²) >= 11 is 6.45. The van der Waals surface area contributed by atoms with E-state index in [2.05, 4.69) is 5.10 Å². The van der Waals surface area contributed by atoms with Crippen LogP contribution in [0.3, 0.4) is 0 Å². The van der Waals surface area contributed by atoms with Crippen LogP contribution in [0.1, 0.15) is 75.5 Å². The Labute approximate surface area is 196 Å². The number of aromatic nitrogens is 2. The van der Waals surface area contributed by atoms with E-state index in [9.17, 15) is 13.2 Å². The standard InChI is InChI=1S/C24H33ClN2O4S/c1-14(2)12-27-24(31-32(29,30)13-15(3)4)20(11-26-27)23(28)19-9-10-21(25)22(18(19)8)17(7)16(5)6/h9-11,14-15H,12-13H2,1-8H3. The molecule has 0 spiro atoms. The molecule has 0 bridgehead atoms. The van der Waals surface area contributed by atoms with Crippen LogP contribution in [0.4, 0.5) is 0 Å². The van der Waals surface area contributed by atoms with E-state index in [-0.39, 0.29) is 34.8 Å². The fourth-order valence-corrected chi connectivity index (χ4v) is 5.08. The third-order valence-corrected chi connectivity index (χ3v) is 6.90. The SMILES string of the molecule is CC(C)=C(C)c1c(Cl)ccc(C(=O)c2cnn(CC(C)C)c2OS(=O)(=O)CC(C)C)c1C. The molecular formula is C24H33ClN2O4S. The van der Waals surface area contributed by atoms with Crippen LogP contribution in [0.25, 0.3) is 5.57 Å². The molecule has 8 heteroatoms. The number of nitrogens with zero attached hydrogens (tertiary/aromatic N) is 2. The van der Waals surface area contributed by atoms with Crippen LogP contribution in [-0.2, 0) is 16.7 Å². The maximum atomic E-state index is 13.6. The first-order chi connectivity index (χ1) is 14.7. The molecule has 1 aromatic heterocycles. The van der Waals surface area contributed by atoms with Crippen LogP contribution in [0, 0.1) is 18.8 Å². The van der Waals surface area contributed by atoms with Gasteiger partial charge in [-0.05, 0) is 68.4 Å². The number of benzene rings is 1. The predicted octanol–water partition coefficient (Wildman–Crippen LogP) is 5.91. The van der Waals surface area contributed by atoms with Crippen LogP contribution in [0.15, 0.2) is 23.9 Å². The molecule has 6 nitrogen and oxygen atoms in total. The van der Waals surface area contributed by atoms with Crippen LogP contribution in [-0.4, -0.2) is 29.7 Å². The normalized spacial score (nSPS) is 11.8. The van der Waals surface area contributed by atoms with E-state index in [1.54, 1.807) is 26.0 Å². The largest absolute Gasteiger partial charge is 0.361 e. The Morgan fingerprint density at radius 3 is 2.25 bits per heavy atom. The van der Waals surface area contributed by atoms with Gasteiger partial charge in [0.15, 0.2) is 5.78 Å². The van der Waals surface area contributed by atoms with Gasteiger partial charge < -0.3 is 4.18 Å². The molecular weight excluding hydrogens is 448 g/mol. The molecule has 0 aliphatic carbocycles. The Balaban J connectivity index is 2.64. The lowest BCUT2D eigenvalue weighted by Gasteiger charge is -2.16. The van der Waals surface area contributed by atoms with Gasteiger partial charge in [-0.3, -0.25) is 4.79 Å². The van der Waals surface area contributed by atoms with Crippen LogP contribution < -0.4 is 4.18 Å². The molecule has 1 heterocycles. The summed E-state index contributed by atoms with van der Waals surface area (Å²) in [6.07, 6.45) is 1.38. The molecule has 0 aliphatic heterocycles.